The zero-order chi connectivity index (χ0) is 9.40. The summed E-state index contributed by atoms with van der Waals surface area (Å²) in [5.74, 6) is 0. The van der Waals surface area contributed by atoms with Crippen molar-refractivity contribution >= 4 is 78.0 Å². The van der Waals surface area contributed by atoms with Crippen molar-refractivity contribution in [1.29, 1.82) is 0 Å². The largest absolute Gasteiger partial charge is 2.00 e. The van der Waals surface area contributed by atoms with E-state index in [1.54, 1.807) is 0 Å². The predicted molar refractivity (Wildman–Crippen MR) is 68.7 cm³/mol. The van der Waals surface area contributed by atoms with Gasteiger partial charge in [-0.1, -0.05) is 38.9 Å². The Hall–Kier alpha value is 1.81. The number of unbranched alkanes of at least 4 members (excludes halogenated alkanes) is 2. The van der Waals surface area contributed by atoms with E-state index >= 15 is 0 Å². The second kappa shape index (κ2) is 11.9. The smallest absolute Gasteiger partial charge is 0.358 e. The standard InChI is InChI=1S/C9H19NS2.Ba/c1-3-5-7-10(9(11)12)8-6-4-2;/h3-8H2,1-2H3,(H,11,12);/q;+2. The van der Waals surface area contributed by atoms with Crippen molar-refractivity contribution in [1.82, 2.24) is 4.90 Å². The topological polar surface area (TPSA) is 3.24 Å². The van der Waals surface area contributed by atoms with Crippen LogP contribution < -0.4 is 0 Å². The van der Waals surface area contributed by atoms with Crippen molar-refractivity contribution in [3.63, 3.8) is 0 Å². The fourth-order valence-corrected chi connectivity index (χ4v) is 1.38. The van der Waals surface area contributed by atoms with Crippen LogP contribution in [0.3, 0.4) is 0 Å². The molecule has 0 fully saturated rings. The van der Waals surface area contributed by atoms with Crippen LogP contribution in [0.15, 0.2) is 0 Å². The van der Waals surface area contributed by atoms with Crippen LogP contribution in [0.4, 0.5) is 0 Å². The molecule has 13 heavy (non-hydrogen) atoms. The Labute approximate surface area is 134 Å². The molecule has 0 aliphatic heterocycles. The number of rotatable bonds is 6. The van der Waals surface area contributed by atoms with Gasteiger partial charge >= 0.3 is 48.9 Å². The van der Waals surface area contributed by atoms with E-state index in [0.717, 1.165) is 17.4 Å². The van der Waals surface area contributed by atoms with E-state index in [9.17, 15) is 0 Å². The number of thiol groups is 1. The first kappa shape index (κ1) is 17.2. The minimum absolute atomic E-state index is 0. The molecule has 0 atom stereocenters. The van der Waals surface area contributed by atoms with Gasteiger partial charge in [0.05, 0.1) is 0 Å². The molecule has 0 aromatic heterocycles. The van der Waals surface area contributed by atoms with Crippen molar-refractivity contribution < 1.29 is 0 Å². The van der Waals surface area contributed by atoms with E-state index in [2.05, 4.69) is 31.4 Å². The molecule has 0 aliphatic rings. The van der Waals surface area contributed by atoms with Crippen molar-refractivity contribution in [2.24, 2.45) is 0 Å². The zero-order valence-corrected chi connectivity index (χ0v) is 14.9. The fourth-order valence-electron chi connectivity index (χ4n) is 1.00. The van der Waals surface area contributed by atoms with Gasteiger partial charge in [-0.3, -0.25) is 0 Å². The van der Waals surface area contributed by atoms with Gasteiger partial charge < -0.3 is 4.90 Å². The van der Waals surface area contributed by atoms with Gasteiger partial charge in [-0.2, -0.15) is 0 Å². The van der Waals surface area contributed by atoms with Crippen LogP contribution >= 0.6 is 24.8 Å². The molecule has 0 bridgehead atoms. The van der Waals surface area contributed by atoms with Crippen LogP contribution in [0.2, 0.25) is 0 Å². The Morgan fingerprint density at radius 2 is 1.54 bits per heavy atom. The number of hydrogen-bond acceptors (Lipinski definition) is 1. The first-order valence-electron chi connectivity index (χ1n) is 4.70. The van der Waals surface area contributed by atoms with Crippen LogP contribution in [0.1, 0.15) is 39.5 Å². The molecule has 0 aliphatic carbocycles. The average molecular weight is 343 g/mol. The summed E-state index contributed by atoms with van der Waals surface area (Å²) in [7, 11) is 0. The second-order valence-electron chi connectivity index (χ2n) is 2.98. The van der Waals surface area contributed by atoms with E-state index in [0.29, 0.717) is 0 Å². The third-order valence-corrected chi connectivity index (χ3v) is 2.37. The molecule has 0 radical (unpaired) electrons. The summed E-state index contributed by atoms with van der Waals surface area (Å²) in [5.41, 5.74) is 0. The minimum atomic E-state index is 0. The molecule has 0 rings (SSSR count). The quantitative estimate of drug-likeness (QED) is 0.449. The van der Waals surface area contributed by atoms with E-state index in [4.69, 9.17) is 12.2 Å². The summed E-state index contributed by atoms with van der Waals surface area (Å²) >= 11 is 9.23. The number of hydrogen-bond donors (Lipinski definition) is 1. The maximum Gasteiger partial charge on any atom is 2.00 e. The van der Waals surface area contributed by atoms with Crippen molar-refractivity contribution in [2.75, 3.05) is 13.1 Å². The molecule has 0 heterocycles. The summed E-state index contributed by atoms with van der Waals surface area (Å²) < 4.78 is 0.747. The fraction of sp³-hybridized carbons (Fsp3) is 0.889. The zero-order valence-electron chi connectivity index (χ0n) is 8.75. The summed E-state index contributed by atoms with van der Waals surface area (Å²) in [6.07, 6.45) is 4.87. The van der Waals surface area contributed by atoms with Gasteiger partial charge in [0.15, 0.2) is 0 Å². The van der Waals surface area contributed by atoms with Gasteiger partial charge in [0.2, 0.25) is 0 Å². The molecule has 0 N–H and O–H groups in total. The molecule has 0 saturated heterocycles. The molecule has 0 unspecified atom stereocenters. The van der Waals surface area contributed by atoms with Crippen molar-refractivity contribution in [2.45, 2.75) is 39.5 Å². The van der Waals surface area contributed by atoms with E-state index in [1.165, 1.54) is 25.7 Å². The molecular formula is C9H19BaNS2+2. The third kappa shape index (κ3) is 10.1. The molecule has 72 valence electrons. The Bertz CT molecular complexity index is 123. The van der Waals surface area contributed by atoms with Crippen LogP contribution in [0.5, 0.6) is 0 Å². The molecule has 0 amide bonds. The molecule has 1 nitrogen and oxygen atoms in total. The SMILES string of the molecule is CCCCN(CCCC)C(=S)S.[Ba+2]. The number of thiocarbonyl (C=S) groups is 1. The minimum Gasteiger partial charge on any atom is -0.358 e. The summed E-state index contributed by atoms with van der Waals surface area (Å²) in [6.45, 7) is 6.52. The molecule has 0 aromatic carbocycles. The van der Waals surface area contributed by atoms with Gasteiger partial charge in [0, 0.05) is 13.1 Å². The normalized spacial score (nSPS) is 9.15. The van der Waals surface area contributed by atoms with Crippen LogP contribution in [-0.4, -0.2) is 71.2 Å². The van der Waals surface area contributed by atoms with Gasteiger partial charge in [-0.05, 0) is 12.8 Å². The molecule has 0 aromatic rings. The van der Waals surface area contributed by atoms with E-state index in [-0.39, 0.29) is 48.9 Å². The maximum absolute atomic E-state index is 5.03. The average Bonchev–Trinajstić information content (AvgIpc) is 2.04. The Morgan fingerprint density at radius 3 is 1.77 bits per heavy atom. The van der Waals surface area contributed by atoms with Gasteiger partial charge in [-0.25, -0.2) is 0 Å². The molecule has 0 spiro atoms. The van der Waals surface area contributed by atoms with Gasteiger partial charge in [0.1, 0.15) is 4.32 Å². The maximum atomic E-state index is 5.03. The van der Waals surface area contributed by atoms with Crippen molar-refractivity contribution in [3.8, 4) is 0 Å². The Balaban J connectivity index is 0. The molecular weight excluding hydrogens is 324 g/mol. The summed E-state index contributed by atoms with van der Waals surface area (Å²) in [6, 6.07) is 0. The predicted octanol–water partition coefficient (Wildman–Crippen LogP) is 2.72. The monoisotopic (exact) mass is 343 g/mol. The third-order valence-electron chi connectivity index (χ3n) is 1.83. The van der Waals surface area contributed by atoms with Crippen LogP contribution in [0.25, 0.3) is 0 Å². The summed E-state index contributed by atoms with van der Waals surface area (Å²) in [5, 5.41) is 0. The van der Waals surface area contributed by atoms with Crippen LogP contribution in [-0.2, 0) is 0 Å². The van der Waals surface area contributed by atoms with Gasteiger partial charge in [-0.15, -0.1) is 12.6 Å². The van der Waals surface area contributed by atoms with Crippen molar-refractivity contribution in [3.05, 3.63) is 0 Å². The first-order valence-corrected chi connectivity index (χ1v) is 5.55. The first-order chi connectivity index (χ1) is 5.72. The molecule has 0 saturated carbocycles. The summed E-state index contributed by atoms with van der Waals surface area (Å²) in [4.78, 5) is 2.19. The van der Waals surface area contributed by atoms with E-state index < -0.39 is 0 Å². The number of nitrogens with zero attached hydrogens (tertiary/aromatic N) is 1. The second-order valence-corrected chi connectivity index (χ2v) is 4.09. The van der Waals surface area contributed by atoms with Crippen LogP contribution in [0, 0.1) is 0 Å². The van der Waals surface area contributed by atoms with E-state index in [1.807, 2.05) is 0 Å². The molecule has 4 heteroatoms. The van der Waals surface area contributed by atoms with Gasteiger partial charge in [0.25, 0.3) is 0 Å². The Kier molecular flexibility index (Phi) is 15.7. The Morgan fingerprint density at radius 1 is 1.15 bits per heavy atom.